The lowest BCUT2D eigenvalue weighted by molar-refractivity contribution is -0.211. The number of benzene rings is 1. The van der Waals surface area contributed by atoms with E-state index in [0.29, 0.717) is 11.3 Å². The molecule has 6 heteroatoms. The van der Waals surface area contributed by atoms with Crippen molar-refractivity contribution in [1.82, 2.24) is 0 Å². The number of carbonyl (C=O) groups excluding carboxylic acids is 1. The fraction of sp³-hybridized carbons (Fsp3) is 0. The third-order valence-electron chi connectivity index (χ3n) is 1.35. The third kappa shape index (κ3) is 2.54. The van der Waals surface area contributed by atoms with Crippen LogP contribution in [-0.4, -0.2) is 5.91 Å². The van der Waals surface area contributed by atoms with Crippen LogP contribution in [0.25, 0.3) is 0 Å². The van der Waals surface area contributed by atoms with E-state index in [1.165, 1.54) is 6.07 Å². The van der Waals surface area contributed by atoms with Gasteiger partial charge in [-0.3, -0.25) is 4.79 Å². The van der Waals surface area contributed by atoms with Gasteiger partial charge in [0.15, 0.2) is 5.75 Å². The molecule has 4 N–H and O–H groups in total. The van der Waals surface area contributed by atoms with Gasteiger partial charge in [-0.25, -0.2) is 0 Å². The fourth-order valence-electron chi connectivity index (χ4n) is 0.801. The molecule has 1 aromatic carbocycles. The van der Waals surface area contributed by atoms with Gasteiger partial charge in [0.25, 0.3) is 0 Å². The second-order valence-corrected chi connectivity index (χ2v) is 3.35. The molecule has 0 aromatic heterocycles. The van der Waals surface area contributed by atoms with Crippen molar-refractivity contribution >= 4 is 28.5 Å². The lowest BCUT2D eigenvalue weighted by Gasteiger charge is -2.03. The normalized spacial score (nSPS) is 9.69. The fourth-order valence-corrected chi connectivity index (χ4v) is 1.40. The predicted octanol–water partition coefficient (Wildman–Crippen LogP) is 0.574. The van der Waals surface area contributed by atoms with E-state index in [9.17, 15) is 4.79 Å². The van der Waals surface area contributed by atoms with E-state index in [0.717, 1.165) is 3.57 Å². The zero-order valence-electron chi connectivity index (χ0n) is 6.49. The first-order chi connectivity index (χ1) is 6.15. The van der Waals surface area contributed by atoms with Gasteiger partial charge < -0.3 is 10.6 Å². The average molecular weight is 294 g/mol. The summed E-state index contributed by atoms with van der Waals surface area (Å²) in [6.07, 6.45) is 0. The first kappa shape index (κ1) is 10.2. The molecule has 0 atom stereocenters. The van der Waals surface area contributed by atoms with Crippen molar-refractivity contribution < 1.29 is 14.7 Å². The maximum absolute atomic E-state index is 10.9. The van der Waals surface area contributed by atoms with Crippen LogP contribution in [0, 0.1) is 3.57 Å². The van der Waals surface area contributed by atoms with Gasteiger partial charge in [0.05, 0.1) is 5.56 Å². The molecule has 0 spiro atoms. The molecule has 1 aromatic rings. The number of primary amides is 1. The van der Waals surface area contributed by atoms with E-state index in [1.807, 2.05) is 22.6 Å². The van der Waals surface area contributed by atoms with E-state index < -0.39 is 5.91 Å². The van der Waals surface area contributed by atoms with E-state index >= 15 is 0 Å². The average Bonchev–Trinajstić information content (AvgIpc) is 2.08. The van der Waals surface area contributed by atoms with Crippen molar-refractivity contribution in [2.75, 3.05) is 0 Å². The molecule has 0 saturated carbocycles. The van der Waals surface area contributed by atoms with Crippen molar-refractivity contribution in [3.05, 3.63) is 27.3 Å². The van der Waals surface area contributed by atoms with Gasteiger partial charge in [0, 0.05) is 3.57 Å². The molecule has 0 radical (unpaired) electrons. The van der Waals surface area contributed by atoms with Crippen LogP contribution in [0.2, 0.25) is 0 Å². The summed E-state index contributed by atoms with van der Waals surface area (Å²) in [6.45, 7) is 0. The quantitative estimate of drug-likeness (QED) is 0.485. The van der Waals surface area contributed by atoms with Crippen molar-refractivity contribution in [3.8, 4) is 5.75 Å². The highest BCUT2D eigenvalue weighted by Gasteiger charge is 2.07. The van der Waals surface area contributed by atoms with Crippen molar-refractivity contribution in [3.63, 3.8) is 0 Å². The predicted molar refractivity (Wildman–Crippen MR) is 53.6 cm³/mol. The highest BCUT2D eigenvalue weighted by atomic mass is 127. The minimum Gasteiger partial charge on any atom is -0.366 e. The number of hydrogen-bond acceptors (Lipinski definition) is 4. The van der Waals surface area contributed by atoms with Gasteiger partial charge in [-0.05, 0) is 40.8 Å². The third-order valence-corrected chi connectivity index (χ3v) is 2.29. The summed E-state index contributed by atoms with van der Waals surface area (Å²) < 4.78 is 0.745. The van der Waals surface area contributed by atoms with E-state index in [1.54, 1.807) is 12.1 Å². The molecule has 0 aliphatic rings. The Morgan fingerprint density at radius 1 is 1.46 bits per heavy atom. The maximum Gasteiger partial charge on any atom is 0.249 e. The van der Waals surface area contributed by atoms with Gasteiger partial charge in [-0.1, -0.05) is 4.99 Å². The first-order valence-corrected chi connectivity index (χ1v) is 4.36. The Bertz CT molecular complexity index is 330. The molecule has 0 saturated heterocycles. The van der Waals surface area contributed by atoms with Gasteiger partial charge >= 0.3 is 0 Å². The Morgan fingerprint density at radius 2 is 2.15 bits per heavy atom. The lowest BCUT2D eigenvalue weighted by Crippen LogP contribution is -2.13. The summed E-state index contributed by atoms with van der Waals surface area (Å²) in [5, 5.41) is 0. The van der Waals surface area contributed by atoms with Crippen LogP contribution in [0.15, 0.2) is 18.2 Å². The topological polar surface area (TPSA) is 87.6 Å². The van der Waals surface area contributed by atoms with Gasteiger partial charge in [-0.15, -0.1) is 0 Å². The van der Waals surface area contributed by atoms with Gasteiger partial charge in [-0.2, -0.15) is 5.90 Å². The molecule has 0 heterocycles. The Kier molecular flexibility index (Phi) is 3.46. The Balaban J connectivity index is 3.04. The van der Waals surface area contributed by atoms with Crippen LogP contribution in [-0.2, 0) is 4.99 Å². The van der Waals surface area contributed by atoms with Gasteiger partial charge in [0.1, 0.15) is 0 Å². The van der Waals surface area contributed by atoms with Gasteiger partial charge in [0.2, 0.25) is 5.91 Å². The number of hydrogen-bond donors (Lipinski definition) is 2. The molecule has 1 amide bonds. The summed E-state index contributed by atoms with van der Waals surface area (Å²) in [7, 11) is 0. The monoisotopic (exact) mass is 294 g/mol. The Morgan fingerprint density at radius 3 is 2.69 bits per heavy atom. The minimum atomic E-state index is -0.521. The minimum absolute atomic E-state index is 0.330. The molecule has 0 aliphatic carbocycles. The lowest BCUT2D eigenvalue weighted by atomic mass is 10.2. The molecule has 0 unspecified atom stereocenters. The maximum atomic E-state index is 10.9. The molecule has 0 bridgehead atoms. The van der Waals surface area contributed by atoms with Crippen LogP contribution in [0.3, 0.4) is 0 Å². The van der Waals surface area contributed by atoms with Crippen molar-refractivity contribution in [2.24, 2.45) is 11.6 Å². The van der Waals surface area contributed by atoms with Crippen LogP contribution in [0.5, 0.6) is 5.75 Å². The summed E-state index contributed by atoms with van der Waals surface area (Å²) in [4.78, 5) is 19.3. The standard InChI is InChI=1S/C7H7IN2O3/c8-6-2-1-4(12-13-10)3-5(6)7(9)11/h1-3H,10H2,(H2,9,11). The first-order valence-electron chi connectivity index (χ1n) is 3.28. The number of nitrogens with two attached hydrogens (primary N) is 2. The molecule has 0 fully saturated rings. The summed E-state index contributed by atoms with van der Waals surface area (Å²) in [5.41, 5.74) is 5.48. The van der Waals surface area contributed by atoms with Crippen molar-refractivity contribution in [2.45, 2.75) is 0 Å². The van der Waals surface area contributed by atoms with E-state index in [4.69, 9.17) is 5.73 Å². The SMILES string of the molecule is NOOc1ccc(I)c(C(N)=O)c1. The van der Waals surface area contributed by atoms with Crippen LogP contribution in [0.4, 0.5) is 0 Å². The smallest absolute Gasteiger partial charge is 0.249 e. The van der Waals surface area contributed by atoms with Crippen LogP contribution >= 0.6 is 22.6 Å². The van der Waals surface area contributed by atoms with Crippen molar-refractivity contribution in [1.29, 1.82) is 0 Å². The number of halogens is 1. The molecule has 0 aliphatic heterocycles. The molecule has 5 nitrogen and oxygen atoms in total. The number of carbonyl (C=O) groups is 1. The van der Waals surface area contributed by atoms with E-state index in [2.05, 4.69) is 15.8 Å². The molecule has 70 valence electrons. The second kappa shape index (κ2) is 4.40. The molecular weight excluding hydrogens is 287 g/mol. The highest BCUT2D eigenvalue weighted by molar-refractivity contribution is 14.1. The zero-order chi connectivity index (χ0) is 9.84. The summed E-state index contributed by atoms with van der Waals surface area (Å²) in [5.74, 6) is 4.49. The number of rotatable bonds is 3. The molecule has 1 rings (SSSR count). The Labute approximate surface area is 88.0 Å². The van der Waals surface area contributed by atoms with Crippen LogP contribution in [0.1, 0.15) is 10.4 Å². The number of amides is 1. The zero-order valence-corrected chi connectivity index (χ0v) is 8.65. The van der Waals surface area contributed by atoms with Crippen LogP contribution < -0.4 is 16.5 Å². The summed E-state index contributed by atoms with van der Waals surface area (Å²) >= 11 is 1.99. The largest absolute Gasteiger partial charge is 0.366 e. The highest BCUT2D eigenvalue weighted by Crippen LogP contribution is 2.18. The Hall–Kier alpha value is -0.860. The molecular formula is C7H7IN2O3. The summed E-state index contributed by atoms with van der Waals surface area (Å²) in [6, 6.07) is 4.74. The molecule has 13 heavy (non-hydrogen) atoms. The van der Waals surface area contributed by atoms with E-state index in [-0.39, 0.29) is 0 Å². The second-order valence-electron chi connectivity index (χ2n) is 2.19.